The molecule has 0 aliphatic heterocycles. The standard InChI is InChI=1S/C14H23NO3S/c1-10-8-11(2)13(12(3)9-10)19(17,18)15-14(4,5)6-7-16/h8-9,15-16H,6-7H2,1-5H3. The summed E-state index contributed by atoms with van der Waals surface area (Å²) < 4.78 is 27.6. The summed E-state index contributed by atoms with van der Waals surface area (Å²) in [6.07, 6.45) is 0.371. The van der Waals surface area contributed by atoms with Gasteiger partial charge in [-0.25, -0.2) is 13.1 Å². The molecule has 0 radical (unpaired) electrons. The highest BCUT2D eigenvalue weighted by atomic mass is 32.2. The number of sulfonamides is 1. The van der Waals surface area contributed by atoms with Crippen LogP contribution in [0, 0.1) is 20.8 Å². The van der Waals surface area contributed by atoms with Gasteiger partial charge in [-0.15, -0.1) is 0 Å². The van der Waals surface area contributed by atoms with Gasteiger partial charge in [0, 0.05) is 12.1 Å². The maximum Gasteiger partial charge on any atom is 0.241 e. The van der Waals surface area contributed by atoms with Crippen molar-refractivity contribution in [2.24, 2.45) is 0 Å². The lowest BCUT2D eigenvalue weighted by atomic mass is 10.0. The van der Waals surface area contributed by atoms with Crippen molar-refractivity contribution in [3.05, 3.63) is 28.8 Å². The molecule has 108 valence electrons. The van der Waals surface area contributed by atoms with Crippen LogP contribution in [0.4, 0.5) is 0 Å². The van der Waals surface area contributed by atoms with Crippen LogP contribution in [0.15, 0.2) is 17.0 Å². The topological polar surface area (TPSA) is 66.4 Å². The van der Waals surface area contributed by atoms with E-state index >= 15 is 0 Å². The predicted octanol–water partition coefficient (Wildman–Crippen LogP) is 2.05. The highest BCUT2D eigenvalue weighted by Crippen LogP contribution is 2.23. The van der Waals surface area contributed by atoms with Crippen LogP contribution in [0.2, 0.25) is 0 Å². The summed E-state index contributed by atoms with van der Waals surface area (Å²) in [6, 6.07) is 3.72. The van der Waals surface area contributed by atoms with Crippen molar-refractivity contribution in [3.8, 4) is 0 Å². The van der Waals surface area contributed by atoms with Crippen molar-refractivity contribution in [1.82, 2.24) is 4.72 Å². The Balaban J connectivity index is 3.22. The highest BCUT2D eigenvalue weighted by Gasteiger charge is 2.28. The first-order chi connectivity index (χ1) is 8.59. The lowest BCUT2D eigenvalue weighted by molar-refractivity contribution is 0.245. The third-order valence-corrected chi connectivity index (χ3v) is 5.02. The van der Waals surface area contributed by atoms with Gasteiger partial charge >= 0.3 is 0 Å². The Kier molecular flexibility index (Phi) is 4.76. The molecule has 1 aromatic carbocycles. The van der Waals surface area contributed by atoms with Crippen LogP contribution >= 0.6 is 0 Å². The normalized spacial score (nSPS) is 12.7. The molecule has 1 aromatic rings. The van der Waals surface area contributed by atoms with E-state index in [0.29, 0.717) is 11.3 Å². The molecular formula is C14H23NO3S. The highest BCUT2D eigenvalue weighted by molar-refractivity contribution is 7.89. The van der Waals surface area contributed by atoms with Crippen LogP contribution in [0.1, 0.15) is 37.0 Å². The van der Waals surface area contributed by atoms with E-state index in [1.165, 1.54) is 0 Å². The van der Waals surface area contributed by atoms with Crippen molar-refractivity contribution >= 4 is 10.0 Å². The van der Waals surface area contributed by atoms with E-state index in [2.05, 4.69) is 4.72 Å². The second-order valence-corrected chi connectivity index (χ2v) is 7.31. The number of aryl methyl sites for hydroxylation is 3. The molecule has 0 saturated carbocycles. The molecule has 0 fully saturated rings. The molecule has 4 nitrogen and oxygen atoms in total. The van der Waals surface area contributed by atoms with E-state index in [9.17, 15) is 8.42 Å². The second-order valence-electron chi connectivity index (χ2n) is 5.69. The van der Waals surface area contributed by atoms with Gasteiger partial charge in [-0.1, -0.05) is 17.7 Å². The summed E-state index contributed by atoms with van der Waals surface area (Å²) in [7, 11) is -3.58. The van der Waals surface area contributed by atoms with Crippen molar-refractivity contribution in [2.75, 3.05) is 6.61 Å². The Morgan fingerprint density at radius 2 is 1.63 bits per heavy atom. The number of benzene rings is 1. The molecule has 0 aromatic heterocycles. The van der Waals surface area contributed by atoms with Gasteiger partial charge in [-0.05, 0) is 52.2 Å². The van der Waals surface area contributed by atoms with Gasteiger partial charge < -0.3 is 5.11 Å². The zero-order chi connectivity index (χ0) is 14.8. The van der Waals surface area contributed by atoms with Gasteiger partial charge in [-0.3, -0.25) is 0 Å². The van der Waals surface area contributed by atoms with Gasteiger partial charge in [0.05, 0.1) is 4.90 Å². The van der Waals surface area contributed by atoms with Gasteiger partial charge in [0.1, 0.15) is 0 Å². The molecular weight excluding hydrogens is 262 g/mol. The average Bonchev–Trinajstić information content (AvgIpc) is 2.11. The van der Waals surface area contributed by atoms with E-state index in [1.807, 2.05) is 19.1 Å². The maximum absolute atomic E-state index is 12.5. The average molecular weight is 285 g/mol. The summed E-state index contributed by atoms with van der Waals surface area (Å²) in [5, 5.41) is 8.98. The van der Waals surface area contributed by atoms with Crippen LogP contribution in [0.5, 0.6) is 0 Å². The Bertz CT molecular complexity index is 539. The second kappa shape index (κ2) is 5.61. The van der Waals surface area contributed by atoms with E-state index in [0.717, 1.165) is 16.7 Å². The number of nitrogens with one attached hydrogen (secondary N) is 1. The number of hydrogen-bond acceptors (Lipinski definition) is 3. The fraction of sp³-hybridized carbons (Fsp3) is 0.571. The number of aliphatic hydroxyl groups excluding tert-OH is 1. The van der Waals surface area contributed by atoms with Gasteiger partial charge in [0.15, 0.2) is 0 Å². The van der Waals surface area contributed by atoms with Crippen molar-refractivity contribution in [1.29, 1.82) is 0 Å². The molecule has 0 heterocycles. The molecule has 0 aliphatic carbocycles. The summed E-state index contributed by atoms with van der Waals surface area (Å²) >= 11 is 0. The van der Waals surface area contributed by atoms with Crippen LogP contribution in [0.25, 0.3) is 0 Å². The third-order valence-electron chi connectivity index (χ3n) is 3.02. The van der Waals surface area contributed by atoms with E-state index < -0.39 is 15.6 Å². The molecule has 2 N–H and O–H groups in total. The largest absolute Gasteiger partial charge is 0.396 e. The van der Waals surface area contributed by atoms with Gasteiger partial charge in [-0.2, -0.15) is 0 Å². The van der Waals surface area contributed by atoms with E-state index in [-0.39, 0.29) is 6.61 Å². The fourth-order valence-corrected chi connectivity index (χ4v) is 4.23. The summed E-state index contributed by atoms with van der Waals surface area (Å²) in [4.78, 5) is 0.337. The third kappa shape index (κ3) is 4.03. The van der Waals surface area contributed by atoms with E-state index in [4.69, 9.17) is 5.11 Å². The summed E-state index contributed by atoms with van der Waals surface area (Å²) in [6.45, 7) is 9.02. The van der Waals surface area contributed by atoms with Crippen LogP contribution in [-0.2, 0) is 10.0 Å². The molecule has 19 heavy (non-hydrogen) atoms. The minimum atomic E-state index is -3.58. The van der Waals surface area contributed by atoms with Crippen LogP contribution < -0.4 is 4.72 Å². The Morgan fingerprint density at radius 3 is 2.05 bits per heavy atom. The Hall–Kier alpha value is -0.910. The van der Waals surface area contributed by atoms with Crippen molar-refractivity contribution < 1.29 is 13.5 Å². The minimum Gasteiger partial charge on any atom is -0.396 e. The molecule has 5 heteroatoms. The molecule has 0 unspecified atom stereocenters. The zero-order valence-corrected chi connectivity index (χ0v) is 13.1. The number of hydrogen-bond donors (Lipinski definition) is 2. The lowest BCUT2D eigenvalue weighted by Crippen LogP contribution is -2.44. The molecule has 1 rings (SSSR count). The van der Waals surface area contributed by atoms with E-state index in [1.54, 1.807) is 27.7 Å². The van der Waals surface area contributed by atoms with Crippen molar-refractivity contribution in [3.63, 3.8) is 0 Å². The number of rotatable bonds is 5. The maximum atomic E-state index is 12.5. The van der Waals surface area contributed by atoms with Gasteiger partial charge in [0.25, 0.3) is 0 Å². The molecule has 0 amide bonds. The first kappa shape index (κ1) is 16.1. The minimum absolute atomic E-state index is 0.0542. The first-order valence-corrected chi connectivity index (χ1v) is 7.80. The summed E-state index contributed by atoms with van der Waals surface area (Å²) in [5.41, 5.74) is 1.86. The zero-order valence-electron chi connectivity index (χ0n) is 12.2. The molecule has 0 saturated heterocycles. The van der Waals surface area contributed by atoms with Crippen molar-refractivity contribution in [2.45, 2.75) is 51.5 Å². The first-order valence-electron chi connectivity index (χ1n) is 6.32. The quantitative estimate of drug-likeness (QED) is 0.870. The Morgan fingerprint density at radius 1 is 1.16 bits per heavy atom. The Labute approximate surface area is 115 Å². The molecule has 0 aliphatic rings. The fourth-order valence-electron chi connectivity index (χ4n) is 2.34. The SMILES string of the molecule is Cc1cc(C)c(S(=O)(=O)NC(C)(C)CCO)c(C)c1. The molecule has 0 atom stereocenters. The molecule has 0 spiro atoms. The van der Waals surface area contributed by atoms with Gasteiger partial charge in [0.2, 0.25) is 10.0 Å². The van der Waals surface area contributed by atoms with Crippen LogP contribution in [0.3, 0.4) is 0 Å². The predicted molar refractivity (Wildman–Crippen MR) is 76.8 cm³/mol. The summed E-state index contributed by atoms with van der Waals surface area (Å²) in [5.74, 6) is 0. The smallest absolute Gasteiger partial charge is 0.241 e. The number of aliphatic hydroxyl groups is 1. The van der Waals surface area contributed by atoms with Crippen LogP contribution in [-0.4, -0.2) is 25.7 Å². The molecule has 0 bridgehead atoms. The monoisotopic (exact) mass is 285 g/mol. The lowest BCUT2D eigenvalue weighted by Gasteiger charge is -2.26.